The number of hydrogen-bond donors (Lipinski definition) is 1. The van der Waals surface area contributed by atoms with Gasteiger partial charge in [-0.05, 0) is 29.5 Å². The Bertz CT molecular complexity index is 702. The fourth-order valence-corrected chi connectivity index (χ4v) is 2.11. The zero-order valence-electron chi connectivity index (χ0n) is 11.9. The van der Waals surface area contributed by atoms with Crippen LogP contribution in [0.5, 0.6) is 0 Å². The van der Waals surface area contributed by atoms with Crippen molar-refractivity contribution in [1.29, 1.82) is 0 Å². The van der Waals surface area contributed by atoms with Crippen LogP contribution >= 0.6 is 0 Å². The van der Waals surface area contributed by atoms with Crippen LogP contribution in [0.3, 0.4) is 0 Å². The second kappa shape index (κ2) is 5.80. The van der Waals surface area contributed by atoms with E-state index in [4.69, 9.17) is 0 Å². The Labute approximate surface area is 121 Å². The van der Waals surface area contributed by atoms with E-state index in [1.54, 1.807) is 11.0 Å². The monoisotopic (exact) mass is 284 g/mol. The maximum Gasteiger partial charge on any atom is 0.170 e. The van der Waals surface area contributed by atoms with Crippen molar-refractivity contribution in [2.24, 2.45) is 7.05 Å². The normalized spacial score (nSPS) is 12.5. The Morgan fingerprint density at radius 2 is 2.00 bits per heavy atom. The van der Waals surface area contributed by atoms with Gasteiger partial charge in [0.1, 0.15) is 12.2 Å². The van der Waals surface area contributed by atoms with E-state index in [1.807, 2.05) is 48.9 Å². The number of aromatic nitrogens is 7. The van der Waals surface area contributed by atoms with Crippen LogP contribution in [0.25, 0.3) is 5.69 Å². The second-order valence-corrected chi connectivity index (χ2v) is 4.75. The molecule has 0 fully saturated rings. The molecule has 0 radical (unpaired) electrons. The minimum atomic E-state index is 0.0541. The molecule has 2 heterocycles. The number of hydrogen-bond acceptors (Lipinski definition) is 6. The molecule has 3 aromatic rings. The lowest BCUT2D eigenvalue weighted by molar-refractivity contribution is 0.512. The van der Waals surface area contributed by atoms with E-state index >= 15 is 0 Å². The third-order valence-electron chi connectivity index (χ3n) is 3.23. The maximum absolute atomic E-state index is 4.09. The van der Waals surface area contributed by atoms with Crippen molar-refractivity contribution in [2.45, 2.75) is 19.5 Å². The number of nitrogens with one attached hydrogen (secondary N) is 1. The number of rotatable bonds is 5. The molecule has 8 heteroatoms. The third kappa shape index (κ3) is 2.79. The van der Waals surface area contributed by atoms with Crippen LogP contribution in [-0.4, -0.2) is 35.0 Å². The van der Waals surface area contributed by atoms with Crippen molar-refractivity contribution >= 4 is 0 Å². The second-order valence-electron chi connectivity index (χ2n) is 4.75. The number of para-hydroxylation sites is 1. The molecule has 3 rings (SSSR count). The van der Waals surface area contributed by atoms with Gasteiger partial charge in [0.15, 0.2) is 5.82 Å². The predicted molar refractivity (Wildman–Crippen MR) is 75.4 cm³/mol. The van der Waals surface area contributed by atoms with Gasteiger partial charge in [0.2, 0.25) is 0 Å². The topological polar surface area (TPSA) is 86.3 Å². The van der Waals surface area contributed by atoms with E-state index in [1.165, 1.54) is 0 Å². The lowest BCUT2D eigenvalue weighted by atomic mass is 10.3. The van der Waals surface area contributed by atoms with Gasteiger partial charge in [0.25, 0.3) is 0 Å². The highest BCUT2D eigenvalue weighted by atomic mass is 15.5. The fraction of sp³-hybridized carbons (Fsp3) is 0.308. The summed E-state index contributed by atoms with van der Waals surface area (Å²) in [6.45, 7) is 2.57. The lowest BCUT2D eigenvalue weighted by Gasteiger charge is -2.12. The Hall–Kier alpha value is -2.61. The van der Waals surface area contributed by atoms with Gasteiger partial charge in [-0.15, -0.1) is 15.3 Å². The molecule has 0 aliphatic rings. The van der Waals surface area contributed by atoms with Crippen LogP contribution < -0.4 is 5.32 Å². The fourth-order valence-electron chi connectivity index (χ4n) is 2.11. The van der Waals surface area contributed by atoms with E-state index < -0.39 is 0 Å². The molecule has 2 aromatic heterocycles. The molecule has 1 atom stereocenters. The first-order valence-corrected chi connectivity index (χ1v) is 6.65. The molecule has 1 N–H and O–H groups in total. The highest BCUT2D eigenvalue weighted by molar-refractivity contribution is 5.30. The molecule has 21 heavy (non-hydrogen) atoms. The summed E-state index contributed by atoms with van der Waals surface area (Å²) >= 11 is 0. The van der Waals surface area contributed by atoms with Gasteiger partial charge in [0, 0.05) is 7.05 Å². The summed E-state index contributed by atoms with van der Waals surface area (Å²) in [5, 5.41) is 23.2. The van der Waals surface area contributed by atoms with E-state index in [0.717, 1.165) is 17.3 Å². The Morgan fingerprint density at radius 1 is 1.19 bits per heavy atom. The quantitative estimate of drug-likeness (QED) is 0.740. The standard InChI is InChI=1S/C13H16N8/c1-10(13-17-15-9-20(13)2)14-8-12-16-18-19-21(12)11-6-4-3-5-7-11/h3-7,9-10,14H,8H2,1-2H3. The Kier molecular flexibility index (Phi) is 3.69. The summed E-state index contributed by atoms with van der Waals surface area (Å²) < 4.78 is 3.61. The minimum Gasteiger partial charge on any atom is -0.319 e. The first-order valence-electron chi connectivity index (χ1n) is 6.65. The van der Waals surface area contributed by atoms with Crippen LogP contribution in [0.15, 0.2) is 36.7 Å². The van der Waals surface area contributed by atoms with E-state index in [0.29, 0.717) is 6.54 Å². The number of aryl methyl sites for hydroxylation is 1. The van der Waals surface area contributed by atoms with Crippen LogP contribution in [0, 0.1) is 0 Å². The van der Waals surface area contributed by atoms with Gasteiger partial charge in [0.05, 0.1) is 18.3 Å². The van der Waals surface area contributed by atoms with Crippen molar-refractivity contribution < 1.29 is 0 Å². The lowest BCUT2D eigenvalue weighted by Crippen LogP contribution is -2.23. The van der Waals surface area contributed by atoms with Crippen molar-refractivity contribution in [1.82, 2.24) is 40.3 Å². The van der Waals surface area contributed by atoms with Crippen molar-refractivity contribution in [3.8, 4) is 5.69 Å². The average Bonchev–Trinajstić information content (AvgIpc) is 3.14. The number of benzene rings is 1. The predicted octanol–water partition coefficient (Wildman–Crippen LogP) is 0.642. The van der Waals surface area contributed by atoms with Gasteiger partial charge < -0.3 is 9.88 Å². The van der Waals surface area contributed by atoms with Crippen LogP contribution in [-0.2, 0) is 13.6 Å². The minimum absolute atomic E-state index is 0.0541. The van der Waals surface area contributed by atoms with Crippen molar-refractivity contribution in [3.05, 3.63) is 48.3 Å². The van der Waals surface area contributed by atoms with E-state index in [9.17, 15) is 0 Å². The van der Waals surface area contributed by atoms with Gasteiger partial charge in [-0.2, -0.15) is 4.68 Å². The van der Waals surface area contributed by atoms with E-state index in [-0.39, 0.29) is 6.04 Å². The molecule has 0 aliphatic heterocycles. The summed E-state index contributed by atoms with van der Waals surface area (Å²) in [7, 11) is 1.92. The van der Waals surface area contributed by atoms with Gasteiger partial charge >= 0.3 is 0 Å². The van der Waals surface area contributed by atoms with Crippen LogP contribution in [0.4, 0.5) is 0 Å². The third-order valence-corrected chi connectivity index (χ3v) is 3.23. The summed E-state index contributed by atoms with van der Waals surface area (Å²) in [5.41, 5.74) is 0.936. The summed E-state index contributed by atoms with van der Waals surface area (Å²) in [4.78, 5) is 0. The van der Waals surface area contributed by atoms with Gasteiger partial charge in [-0.3, -0.25) is 0 Å². The number of nitrogens with zero attached hydrogens (tertiary/aromatic N) is 7. The smallest absolute Gasteiger partial charge is 0.170 e. The van der Waals surface area contributed by atoms with Gasteiger partial charge in [-0.25, -0.2) is 0 Å². The van der Waals surface area contributed by atoms with Crippen LogP contribution in [0.1, 0.15) is 24.6 Å². The summed E-state index contributed by atoms with van der Waals surface area (Å²) in [5.74, 6) is 1.61. The molecule has 0 aliphatic carbocycles. The molecule has 0 bridgehead atoms. The molecule has 1 unspecified atom stereocenters. The summed E-state index contributed by atoms with van der Waals surface area (Å²) in [6, 6.07) is 9.85. The summed E-state index contributed by atoms with van der Waals surface area (Å²) in [6.07, 6.45) is 1.68. The molecule has 0 saturated carbocycles. The SMILES string of the molecule is CC(NCc1nnnn1-c1ccccc1)c1nncn1C. The average molecular weight is 284 g/mol. The van der Waals surface area contributed by atoms with E-state index in [2.05, 4.69) is 31.0 Å². The molecule has 0 amide bonds. The first kappa shape index (κ1) is 13.4. The van der Waals surface area contributed by atoms with Crippen molar-refractivity contribution in [2.75, 3.05) is 0 Å². The highest BCUT2D eigenvalue weighted by Gasteiger charge is 2.13. The molecule has 1 aromatic carbocycles. The largest absolute Gasteiger partial charge is 0.319 e. The molecule has 8 nitrogen and oxygen atoms in total. The number of tetrazole rings is 1. The Morgan fingerprint density at radius 3 is 2.71 bits per heavy atom. The van der Waals surface area contributed by atoms with Crippen LogP contribution in [0.2, 0.25) is 0 Å². The van der Waals surface area contributed by atoms with Gasteiger partial charge in [-0.1, -0.05) is 18.2 Å². The molecular formula is C13H16N8. The first-order chi connectivity index (χ1) is 10.3. The highest BCUT2D eigenvalue weighted by Crippen LogP contribution is 2.10. The Balaban J connectivity index is 1.72. The zero-order valence-corrected chi connectivity index (χ0v) is 11.9. The zero-order chi connectivity index (χ0) is 14.7. The molecule has 0 spiro atoms. The molecule has 0 saturated heterocycles. The maximum atomic E-state index is 4.09. The van der Waals surface area contributed by atoms with Crippen molar-refractivity contribution in [3.63, 3.8) is 0 Å². The molecule has 108 valence electrons. The molecular weight excluding hydrogens is 268 g/mol.